The third-order valence-electron chi connectivity index (χ3n) is 5.23. The van der Waals surface area contributed by atoms with Crippen LogP contribution in [0.25, 0.3) is 10.6 Å². The van der Waals surface area contributed by atoms with Crippen LogP contribution in [-0.2, 0) is 23.0 Å². The van der Waals surface area contributed by atoms with Crippen molar-refractivity contribution >= 4 is 27.1 Å². The molecule has 2 aromatic carbocycles. The number of hydrogen-bond acceptors (Lipinski definition) is 7. The summed E-state index contributed by atoms with van der Waals surface area (Å²) in [5.41, 5.74) is 2.31. The summed E-state index contributed by atoms with van der Waals surface area (Å²) in [4.78, 5) is 17.3. The molecule has 0 unspecified atom stereocenters. The number of fused-ring (bicyclic) bond motifs is 1. The second-order valence-electron chi connectivity index (χ2n) is 7.13. The predicted molar refractivity (Wildman–Crippen MR) is 118 cm³/mol. The van der Waals surface area contributed by atoms with E-state index in [1.165, 1.54) is 34.7 Å². The van der Waals surface area contributed by atoms with Crippen molar-refractivity contribution in [2.75, 3.05) is 20.8 Å². The van der Waals surface area contributed by atoms with Crippen LogP contribution in [-0.4, -0.2) is 44.3 Å². The van der Waals surface area contributed by atoms with Crippen LogP contribution < -0.4 is 9.47 Å². The first kappa shape index (κ1) is 21.5. The molecule has 7 nitrogen and oxygen atoms in total. The number of nitrogens with zero attached hydrogens (tertiary/aromatic N) is 2. The van der Waals surface area contributed by atoms with Gasteiger partial charge in [0.1, 0.15) is 5.01 Å². The molecule has 0 spiro atoms. The fourth-order valence-corrected chi connectivity index (χ4v) is 6.09. The van der Waals surface area contributed by atoms with Crippen molar-refractivity contribution < 1.29 is 22.7 Å². The fraction of sp³-hybridized carbons (Fsp3) is 0.273. The first-order valence-electron chi connectivity index (χ1n) is 9.65. The number of sulfonamides is 1. The highest BCUT2D eigenvalue weighted by Gasteiger charge is 2.30. The number of hydrogen-bond donors (Lipinski definition) is 0. The Bertz CT molecular complexity index is 1230. The van der Waals surface area contributed by atoms with Crippen LogP contribution in [0.2, 0.25) is 0 Å². The summed E-state index contributed by atoms with van der Waals surface area (Å²) in [6.07, 6.45) is 0.546. The zero-order valence-electron chi connectivity index (χ0n) is 17.4. The molecular weight excluding hydrogens is 436 g/mol. The van der Waals surface area contributed by atoms with Gasteiger partial charge in [0.15, 0.2) is 17.3 Å². The zero-order chi connectivity index (χ0) is 22.2. The number of ketones is 1. The van der Waals surface area contributed by atoms with Crippen LogP contribution >= 0.6 is 11.3 Å². The molecule has 4 rings (SSSR count). The van der Waals surface area contributed by atoms with Crippen LogP contribution in [0.5, 0.6) is 11.5 Å². The minimum atomic E-state index is -3.66. The number of Topliss-reactive ketones (excluding diaryl/α,β-unsaturated/α-hetero) is 1. The number of ether oxygens (including phenoxy) is 2. The van der Waals surface area contributed by atoms with Gasteiger partial charge in [0, 0.05) is 29.0 Å². The van der Waals surface area contributed by atoms with Gasteiger partial charge in [0.25, 0.3) is 0 Å². The minimum absolute atomic E-state index is 0.0982. The lowest BCUT2D eigenvalue weighted by Gasteiger charge is -2.25. The van der Waals surface area contributed by atoms with Crippen molar-refractivity contribution in [1.82, 2.24) is 9.29 Å². The molecule has 0 aliphatic carbocycles. The van der Waals surface area contributed by atoms with Gasteiger partial charge in [0.2, 0.25) is 10.0 Å². The van der Waals surface area contributed by atoms with Gasteiger partial charge < -0.3 is 9.47 Å². The SMILES string of the molecule is COc1ccc(-c2nc3c(s2)CN(S(=O)(=O)c2ccc(C(C)=O)cc2)CC3)cc1OC. The summed E-state index contributed by atoms with van der Waals surface area (Å²) in [5.74, 6) is 1.16. The van der Waals surface area contributed by atoms with E-state index in [1.54, 1.807) is 26.4 Å². The van der Waals surface area contributed by atoms with E-state index >= 15 is 0 Å². The number of carbonyl (C=O) groups excluding carboxylic acids is 1. The predicted octanol–water partition coefficient (Wildman–Crippen LogP) is 3.78. The maximum atomic E-state index is 13.1. The van der Waals surface area contributed by atoms with E-state index in [4.69, 9.17) is 14.5 Å². The molecule has 0 N–H and O–H groups in total. The highest BCUT2D eigenvalue weighted by molar-refractivity contribution is 7.89. The number of methoxy groups -OCH3 is 2. The summed E-state index contributed by atoms with van der Waals surface area (Å²) in [6, 6.07) is 11.7. The van der Waals surface area contributed by atoms with Crippen LogP contribution in [0.3, 0.4) is 0 Å². The van der Waals surface area contributed by atoms with Crippen LogP contribution in [0.1, 0.15) is 27.9 Å². The third kappa shape index (κ3) is 4.08. The highest BCUT2D eigenvalue weighted by Crippen LogP contribution is 2.37. The van der Waals surface area contributed by atoms with Gasteiger partial charge in [-0.3, -0.25) is 4.79 Å². The molecule has 2 heterocycles. The normalized spacial score (nSPS) is 14.2. The average Bonchev–Trinajstić information content (AvgIpc) is 3.22. The average molecular weight is 459 g/mol. The van der Waals surface area contributed by atoms with Crippen LogP contribution in [0, 0.1) is 0 Å². The molecule has 3 aromatic rings. The zero-order valence-corrected chi connectivity index (χ0v) is 19.0. The molecule has 9 heteroatoms. The maximum Gasteiger partial charge on any atom is 0.243 e. The van der Waals surface area contributed by atoms with Gasteiger partial charge in [-0.15, -0.1) is 11.3 Å². The van der Waals surface area contributed by atoms with E-state index in [9.17, 15) is 13.2 Å². The van der Waals surface area contributed by atoms with E-state index in [0.29, 0.717) is 30.0 Å². The van der Waals surface area contributed by atoms with Gasteiger partial charge in [-0.25, -0.2) is 13.4 Å². The fourth-order valence-electron chi connectivity index (χ4n) is 3.48. The smallest absolute Gasteiger partial charge is 0.243 e. The molecule has 0 saturated heterocycles. The second kappa shape index (κ2) is 8.41. The van der Waals surface area contributed by atoms with Crippen molar-refractivity contribution in [2.45, 2.75) is 24.8 Å². The summed E-state index contributed by atoms with van der Waals surface area (Å²) in [7, 11) is -0.489. The largest absolute Gasteiger partial charge is 0.493 e. The van der Waals surface area contributed by atoms with Gasteiger partial charge in [-0.05, 0) is 37.3 Å². The number of carbonyl (C=O) groups is 1. The Balaban J connectivity index is 1.59. The van der Waals surface area contributed by atoms with Gasteiger partial charge in [-0.1, -0.05) is 12.1 Å². The van der Waals surface area contributed by atoms with Gasteiger partial charge >= 0.3 is 0 Å². The molecular formula is C22H22N2O5S2. The molecule has 0 fully saturated rings. The molecule has 1 aliphatic rings. The monoisotopic (exact) mass is 458 g/mol. The number of thiazole rings is 1. The summed E-state index contributed by atoms with van der Waals surface area (Å²) >= 11 is 1.48. The minimum Gasteiger partial charge on any atom is -0.493 e. The maximum absolute atomic E-state index is 13.1. The molecule has 0 amide bonds. The molecule has 1 aromatic heterocycles. The Hall–Kier alpha value is -2.75. The first-order valence-corrected chi connectivity index (χ1v) is 11.9. The molecule has 0 bridgehead atoms. The Labute approximate surface area is 185 Å². The Morgan fingerprint density at radius 1 is 1.06 bits per heavy atom. The molecule has 0 radical (unpaired) electrons. The van der Waals surface area contributed by atoms with E-state index in [1.807, 2.05) is 18.2 Å². The van der Waals surface area contributed by atoms with E-state index < -0.39 is 10.0 Å². The Kier molecular flexibility index (Phi) is 5.83. The van der Waals surface area contributed by atoms with Crippen LogP contribution in [0.4, 0.5) is 0 Å². The molecule has 0 saturated carbocycles. The second-order valence-corrected chi connectivity index (χ2v) is 10.1. The van der Waals surface area contributed by atoms with E-state index in [-0.39, 0.29) is 17.2 Å². The lowest BCUT2D eigenvalue weighted by atomic mass is 10.2. The quantitative estimate of drug-likeness (QED) is 0.523. The molecule has 0 atom stereocenters. The summed E-state index contributed by atoms with van der Waals surface area (Å²) in [6.45, 7) is 2.09. The van der Waals surface area contributed by atoms with Crippen molar-refractivity contribution in [2.24, 2.45) is 0 Å². The van der Waals surface area contributed by atoms with Crippen molar-refractivity contribution in [3.63, 3.8) is 0 Å². The third-order valence-corrected chi connectivity index (χ3v) is 8.22. The van der Waals surface area contributed by atoms with Crippen LogP contribution in [0.15, 0.2) is 47.4 Å². The summed E-state index contributed by atoms with van der Waals surface area (Å²) in [5, 5.41) is 0.816. The number of benzene rings is 2. The van der Waals surface area contributed by atoms with Gasteiger partial charge in [0.05, 0.1) is 31.4 Å². The molecule has 162 valence electrons. The van der Waals surface area contributed by atoms with Crippen molar-refractivity contribution in [1.29, 1.82) is 0 Å². The molecule has 1 aliphatic heterocycles. The van der Waals surface area contributed by atoms with Crippen molar-refractivity contribution in [3.05, 3.63) is 58.6 Å². The van der Waals surface area contributed by atoms with Crippen molar-refractivity contribution in [3.8, 4) is 22.1 Å². The van der Waals surface area contributed by atoms with Gasteiger partial charge in [-0.2, -0.15) is 4.31 Å². The molecule has 31 heavy (non-hydrogen) atoms. The first-order chi connectivity index (χ1) is 14.8. The lowest BCUT2D eigenvalue weighted by Crippen LogP contribution is -2.35. The topological polar surface area (TPSA) is 85.8 Å². The van der Waals surface area contributed by atoms with E-state index in [2.05, 4.69) is 0 Å². The standard InChI is InChI=1S/C22H22N2O5S2/c1-14(25)15-4-7-17(8-5-15)31(26,27)24-11-10-18-21(13-24)30-22(23-18)16-6-9-19(28-2)20(12-16)29-3/h4-9,12H,10-11,13H2,1-3H3. The Morgan fingerprint density at radius 3 is 2.42 bits per heavy atom. The Morgan fingerprint density at radius 2 is 1.77 bits per heavy atom. The number of rotatable bonds is 6. The highest BCUT2D eigenvalue weighted by atomic mass is 32.2. The van der Waals surface area contributed by atoms with E-state index in [0.717, 1.165) is 21.1 Å². The summed E-state index contributed by atoms with van der Waals surface area (Å²) < 4.78 is 38.3. The number of aromatic nitrogens is 1. The lowest BCUT2D eigenvalue weighted by molar-refractivity contribution is 0.101.